The van der Waals surface area contributed by atoms with E-state index < -0.39 is 5.92 Å². The zero-order chi connectivity index (χ0) is 25.2. The van der Waals surface area contributed by atoms with Crippen LogP contribution in [0.1, 0.15) is 45.4 Å². The van der Waals surface area contributed by atoms with Gasteiger partial charge in [-0.25, -0.2) is 0 Å². The van der Waals surface area contributed by atoms with Gasteiger partial charge in [0.15, 0.2) is 11.5 Å². The molecule has 2 aromatic rings. The van der Waals surface area contributed by atoms with E-state index in [1.807, 2.05) is 41.3 Å². The summed E-state index contributed by atoms with van der Waals surface area (Å²) in [5, 5.41) is 3.20. The number of likely N-dealkylation sites (N-methyl/N-ethyl adjacent to an activating group) is 1. The molecule has 8 nitrogen and oxygen atoms in total. The third kappa shape index (κ3) is 4.55. The van der Waals surface area contributed by atoms with Crippen molar-refractivity contribution < 1.29 is 19.1 Å². The minimum atomic E-state index is -0.486. The molecule has 2 aromatic carbocycles. The maximum absolute atomic E-state index is 13.8. The van der Waals surface area contributed by atoms with E-state index >= 15 is 0 Å². The number of ether oxygens (including phenoxy) is 2. The quantitative estimate of drug-likeness (QED) is 0.598. The first-order valence-electron chi connectivity index (χ1n) is 12.8. The van der Waals surface area contributed by atoms with Crippen LogP contribution in [0.2, 0.25) is 0 Å². The Labute approximate surface area is 213 Å². The second-order valence-electron chi connectivity index (χ2n) is 9.95. The summed E-state index contributed by atoms with van der Waals surface area (Å²) >= 11 is 0. The third-order valence-corrected chi connectivity index (χ3v) is 7.85. The average molecular weight is 493 g/mol. The Kier molecular flexibility index (Phi) is 7.16. The molecule has 8 heteroatoms. The zero-order valence-electron chi connectivity index (χ0n) is 21.5. The highest BCUT2D eigenvalue weighted by Gasteiger charge is 2.46. The van der Waals surface area contributed by atoms with E-state index in [0.29, 0.717) is 36.6 Å². The molecular weight excluding hydrogens is 456 g/mol. The molecule has 0 aromatic heterocycles. The summed E-state index contributed by atoms with van der Waals surface area (Å²) in [5.74, 6) is 0.730. The summed E-state index contributed by atoms with van der Waals surface area (Å²) in [6.07, 6.45) is 1.61. The van der Waals surface area contributed by atoms with Crippen molar-refractivity contribution in [2.24, 2.45) is 0 Å². The first-order valence-corrected chi connectivity index (χ1v) is 12.8. The predicted molar refractivity (Wildman–Crippen MR) is 138 cm³/mol. The Morgan fingerprint density at radius 1 is 1.00 bits per heavy atom. The lowest BCUT2D eigenvalue weighted by molar-refractivity contribution is -0.124. The maximum atomic E-state index is 13.8. The second kappa shape index (κ2) is 10.5. The Morgan fingerprint density at radius 3 is 2.47 bits per heavy atom. The van der Waals surface area contributed by atoms with Crippen LogP contribution in [-0.4, -0.2) is 93.6 Å². The molecule has 0 bridgehead atoms. The smallest absolute Gasteiger partial charge is 0.254 e. The summed E-state index contributed by atoms with van der Waals surface area (Å²) in [6, 6.07) is 11.1. The van der Waals surface area contributed by atoms with Gasteiger partial charge < -0.3 is 29.5 Å². The van der Waals surface area contributed by atoms with Crippen LogP contribution in [0.5, 0.6) is 11.5 Å². The van der Waals surface area contributed by atoms with Crippen molar-refractivity contribution in [3.05, 3.63) is 58.7 Å². The van der Waals surface area contributed by atoms with Gasteiger partial charge in [0.25, 0.3) is 5.91 Å². The lowest BCUT2D eigenvalue weighted by atomic mass is 9.75. The molecule has 0 radical (unpaired) electrons. The average Bonchev–Trinajstić information content (AvgIpc) is 2.91. The molecule has 2 unspecified atom stereocenters. The fraction of sp³-hybridized carbons (Fsp3) is 0.500. The lowest BCUT2D eigenvalue weighted by Crippen LogP contribution is -2.50. The Hall–Kier alpha value is -3.10. The standard InChI is InChI=1S/C28H36N4O4/c1-30-13-15-31(16-14-30)11-6-10-29-27(33)25-20-7-4-5-8-21(20)28(34)32-12-9-19-17-23(35-2)24(36-3)18-22(19)26(25)32/h4-5,7-8,17-18,25-26H,6,9-16H2,1-3H3,(H,29,33). The number of nitrogens with zero attached hydrogens (tertiary/aromatic N) is 3. The highest BCUT2D eigenvalue weighted by atomic mass is 16.5. The number of amides is 2. The molecule has 3 aliphatic heterocycles. The van der Waals surface area contributed by atoms with Gasteiger partial charge >= 0.3 is 0 Å². The minimum Gasteiger partial charge on any atom is -0.493 e. The highest BCUT2D eigenvalue weighted by molar-refractivity contribution is 6.01. The van der Waals surface area contributed by atoms with Crippen LogP contribution in [0.4, 0.5) is 0 Å². The lowest BCUT2D eigenvalue weighted by Gasteiger charge is -2.45. The molecular formula is C28H36N4O4. The van der Waals surface area contributed by atoms with Crippen LogP contribution in [0.25, 0.3) is 0 Å². The number of rotatable bonds is 7. The van der Waals surface area contributed by atoms with Crippen molar-refractivity contribution in [2.45, 2.75) is 24.8 Å². The summed E-state index contributed by atoms with van der Waals surface area (Å²) in [6.45, 7) is 6.47. The van der Waals surface area contributed by atoms with Crippen LogP contribution in [0.3, 0.4) is 0 Å². The largest absolute Gasteiger partial charge is 0.493 e. The van der Waals surface area contributed by atoms with E-state index in [2.05, 4.69) is 22.2 Å². The van der Waals surface area contributed by atoms with E-state index in [0.717, 1.165) is 55.8 Å². The number of nitrogens with one attached hydrogen (secondary N) is 1. The molecule has 1 fully saturated rings. The molecule has 0 spiro atoms. The number of carbonyl (C=O) groups excluding carboxylic acids is 2. The molecule has 0 aliphatic carbocycles. The van der Waals surface area contributed by atoms with Crippen LogP contribution in [0.15, 0.2) is 36.4 Å². The molecule has 1 saturated heterocycles. The van der Waals surface area contributed by atoms with Crippen molar-refractivity contribution >= 4 is 11.8 Å². The minimum absolute atomic E-state index is 0.0184. The van der Waals surface area contributed by atoms with E-state index in [-0.39, 0.29) is 17.9 Å². The van der Waals surface area contributed by atoms with Crippen LogP contribution in [0, 0.1) is 0 Å². The first kappa shape index (κ1) is 24.6. The van der Waals surface area contributed by atoms with Gasteiger partial charge in [0, 0.05) is 44.8 Å². The first-order chi connectivity index (χ1) is 17.5. The topological polar surface area (TPSA) is 74.4 Å². The van der Waals surface area contributed by atoms with Crippen LogP contribution >= 0.6 is 0 Å². The van der Waals surface area contributed by atoms with Crippen LogP contribution < -0.4 is 14.8 Å². The van der Waals surface area contributed by atoms with Crippen molar-refractivity contribution in [1.29, 1.82) is 0 Å². The summed E-state index contributed by atoms with van der Waals surface area (Å²) < 4.78 is 11.1. The van der Waals surface area contributed by atoms with Gasteiger partial charge in [-0.2, -0.15) is 0 Å². The van der Waals surface area contributed by atoms with Crippen molar-refractivity contribution in [2.75, 3.05) is 67.1 Å². The van der Waals surface area contributed by atoms with Gasteiger partial charge in [-0.15, -0.1) is 0 Å². The summed E-state index contributed by atoms with van der Waals surface area (Å²) in [4.78, 5) is 33.9. The molecule has 36 heavy (non-hydrogen) atoms. The SMILES string of the molecule is COc1cc2c(cc1OC)C1C(C(=O)NCCCN3CCN(C)CC3)c3ccccc3C(=O)N1CC2. The Balaban J connectivity index is 1.40. The van der Waals surface area contributed by atoms with Crippen LogP contribution in [-0.2, 0) is 11.2 Å². The Bertz CT molecular complexity index is 1130. The van der Waals surface area contributed by atoms with Gasteiger partial charge in [-0.3, -0.25) is 9.59 Å². The van der Waals surface area contributed by atoms with Gasteiger partial charge in [0.05, 0.1) is 26.2 Å². The van der Waals surface area contributed by atoms with Crippen molar-refractivity contribution in [3.8, 4) is 11.5 Å². The van der Waals surface area contributed by atoms with Gasteiger partial charge in [0.2, 0.25) is 5.91 Å². The molecule has 1 N–H and O–H groups in total. The molecule has 3 aliphatic rings. The zero-order valence-corrected chi connectivity index (χ0v) is 21.5. The molecule has 5 rings (SSSR count). The van der Waals surface area contributed by atoms with Gasteiger partial charge in [0.1, 0.15) is 0 Å². The molecule has 2 amide bonds. The highest BCUT2D eigenvalue weighted by Crippen LogP contribution is 2.48. The van der Waals surface area contributed by atoms with Crippen molar-refractivity contribution in [1.82, 2.24) is 20.0 Å². The Morgan fingerprint density at radius 2 is 1.72 bits per heavy atom. The van der Waals surface area contributed by atoms with E-state index in [9.17, 15) is 9.59 Å². The summed E-state index contributed by atoms with van der Waals surface area (Å²) in [7, 11) is 5.39. The molecule has 192 valence electrons. The van der Waals surface area contributed by atoms with E-state index in [1.165, 1.54) is 0 Å². The fourth-order valence-corrected chi connectivity index (χ4v) is 5.83. The van der Waals surface area contributed by atoms with E-state index in [1.54, 1.807) is 14.2 Å². The fourth-order valence-electron chi connectivity index (χ4n) is 5.83. The number of piperazine rings is 1. The third-order valence-electron chi connectivity index (χ3n) is 7.85. The number of hydrogen-bond acceptors (Lipinski definition) is 6. The van der Waals surface area contributed by atoms with Crippen molar-refractivity contribution in [3.63, 3.8) is 0 Å². The number of fused-ring (bicyclic) bond motifs is 4. The van der Waals surface area contributed by atoms with E-state index in [4.69, 9.17) is 9.47 Å². The second-order valence-corrected chi connectivity index (χ2v) is 9.95. The normalized spacial score (nSPS) is 21.9. The predicted octanol–water partition coefficient (Wildman–Crippen LogP) is 2.29. The monoisotopic (exact) mass is 492 g/mol. The summed E-state index contributed by atoms with van der Waals surface area (Å²) in [5.41, 5.74) is 3.46. The molecule has 2 atom stereocenters. The van der Waals surface area contributed by atoms with Gasteiger partial charge in [-0.1, -0.05) is 18.2 Å². The maximum Gasteiger partial charge on any atom is 0.254 e. The number of benzene rings is 2. The molecule has 3 heterocycles. The number of carbonyl (C=O) groups is 2. The number of hydrogen-bond donors (Lipinski definition) is 1. The van der Waals surface area contributed by atoms with Gasteiger partial charge in [-0.05, 0) is 61.3 Å². The number of methoxy groups -OCH3 is 2. The molecule has 0 saturated carbocycles.